The van der Waals surface area contributed by atoms with Gasteiger partial charge in [-0.05, 0) is 44.1 Å². The third kappa shape index (κ3) is 11.9. The molecule has 0 rings (SSSR count). The van der Waals surface area contributed by atoms with Crippen molar-refractivity contribution in [1.29, 1.82) is 0 Å². The Balaban J connectivity index is 5.56. The Morgan fingerprint density at radius 2 is 1.41 bits per heavy atom. The smallest absolute Gasteiger partial charge is 0.326 e. The summed E-state index contributed by atoms with van der Waals surface area (Å²) < 4.78 is 0. The molecule has 0 bridgehead atoms. The van der Waals surface area contributed by atoms with Gasteiger partial charge in [0, 0.05) is 0 Å². The Bertz CT molecular complexity index is 701. The van der Waals surface area contributed by atoms with Gasteiger partial charge in [-0.2, -0.15) is 0 Å². The first-order valence-electron chi connectivity index (χ1n) is 11.6. The first kappa shape index (κ1) is 31.3. The van der Waals surface area contributed by atoms with E-state index in [2.05, 4.69) is 16.0 Å². The fraction of sp³-hybridized carbons (Fsp3) is 0.773. The van der Waals surface area contributed by atoms with Crippen molar-refractivity contribution in [3.63, 3.8) is 0 Å². The maximum atomic E-state index is 13.0. The van der Waals surface area contributed by atoms with E-state index < -0.39 is 60.2 Å². The number of rotatable bonds is 17. The number of carboxylic acid groups (broad SMARTS) is 2. The van der Waals surface area contributed by atoms with E-state index in [1.54, 1.807) is 6.92 Å². The van der Waals surface area contributed by atoms with Crippen molar-refractivity contribution in [3.8, 4) is 0 Å². The monoisotopic (exact) mass is 487 g/mol. The zero-order chi connectivity index (χ0) is 26.4. The van der Waals surface area contributed by atoms with Gasteiger partial charge < -0.3 is 37.6 Å². The van der Waals surface area contributed by atoms with E-state index in [4.69, 9.17) is 16.6 Å². The van der Waals surface area contributed by atoms with E-state index >= 15 is 0 Å². The number of nitrogens with two attached hydrogens (primary N) is 2. The minimum atomic E-state index is -1.34. The molecule has 0 spiro atoms. The lowest BCUT2D eigenvalue weighted by Crippen LogP contribution is -2.58. The van der Waals surface area contributed by atoms with Gasteiger partial charge in [0.25, 0.3) is 0 Å². The summed E-state index contributed by atoms with van der Waals surface area (Å²) in [6.45, 7) is 7.59. The van der Waals surface area contributed by atoms with Crippen LogP contribution < -0.4 is 27.4 Å². The van der Waals surface area contributed by atoms with Crippen molar-refractivity contribution in [2.75, 3.05) is 6.54 Å². The molecule has 5 unspecified atom stereocenters. The molecule has 5 atom stereocenters. The van der Waals surface area contributed by atoms with Crippen LogP contribution in [0.2, 0.25) is 0 Å². The first-order valence-corrected chi connectivity index (χ1v) is 11.6. The van der Waals surface area contributed by atoms with Crippen LogP contribution in [0.15, 0.2) is 0 Å². The lowest BCUT2D eigenvalue weighted by atomic mass is 9.97. The molecule has 0 saturated carbocycles. The van der Waals surface area contributed by atoms with Crippen LogP contribution in [0, 0.1) is 11.8 Å². The minimum absolute atomic E-state index is 0.00260. The number of carbonyl (C=O) groups is 5. The van der Waals surface area contributed by atoms with Crippen LogP contribution in [0.3, 0.4) is 0 Å². The predicted molar refractivity (Wildman–Crippen MR) is 125 cm³/mol. The molecule has 196 valence electrons. The van der Waals surface area contributed by atoms with Crippen molar-refractivity contribution in [3.05, 3.63) is 0 Å². The summed E-state index contributed by atoms with van der Waals surface area (Å²) in [5.41, 5.74) is 11.1. The number of amides is 3. The van der Waals surface area contributed by atoms with E-state index in [1.165, 1.54) is 0 Å². The highest BCUT2D eigenvalue weighted by molar-refractivity contribution is 5.94. The molecule has 0 saturated heterocycles. The summed E-state index contributed by atoms with van der Waals surface area (Å²) in [6, 6.07) is -4.55. The fourth-order valence-electron chi connectivity index (χ4n) is 3.23. The fourth-order valence-corrected chi connectivity index (χ4v) is 3.23. The number of unbranched alkanes of at least 4 members (excludes halogenated alkanes) is 1. The molecule has 0 aromatic carbocycles. The second kappa shape index (κ2) is 16.0. The number of hydrogen-bond acceptors (Lipinski definition) is 7. The second-order valence-electron chi connectivity index (χ2n) is 8.95. The standard InChI is InChI=1S/C22H41N5O7/c1-5-13(4)18(22(33)34)27-21(32)16(10-12(2)3)26-20(31)15(8-6-7-9-23)25-19(30)14(24)11-17(28)29/h12-16,18H,5-11,23-24H2,1-4H3,(H,25,30)(H,26,31)(H,27,32)(H,28,29)(H,33,34). The van der Waals surface area contributed by atoms with Crippen LogP contribution in [-0.2, 0) is 24.0 Å². The molecule has 0 aromatic rings. The van der Waals surface area contributed by atoms with Gasteiger partial charge in [-0.3, -0.25) is 19.2 Å². The minimum Gasteiger partial charge on any atom is -0.481 e. The molecule has 12 nitrogen and oxygen atoms in total. The van der Waals surface area contributed by atoms with Crippen molar-refractivity contribution in [2.45, 2.75) is 90.4 Å². The predicted octanol–water partition coefficient (Wildman–Crippen LogP) is -0.451. The molecule has 0 fully saturated rings. The average Bonchev–Trinajstić information content (AvgIpc) is 2.74. The van der Waals surface area contributed by atoms with Gasteiger partial charge in [-0.25, -0.2) is 4.79 Å². The van der Waals surface area contributed by atoms with Gasteiger partial charge in [-0.1, -0.05) is 34.1 Å². The van der Waals surface area contributed by atoms with Gasteiger partial charge in [0.2, 0.25) is 17.7 Å². The molecule has 0 aromatic heterocycles. The Kier molecular flexibility index (Phi) is 14.7. The highest BCUT2D eigenvalue weighted by Gasteiger charge is 2.32. The first-order chi connectivity index (χ1) is 15.8. The number of carbonyl (C=O) groups excluding carboxylic acids is 3. The molecule has 3 amide bonds. The molecular formula is C22H41N5O7. The SMILES string of the molecule is CCC(C)C(NC(=O)C(CC(C)C)NC(=O)C(CCCCN)NC(=O)C(N)CC(=O)O)C(=O)O. The Morgan fingerprint density at radius 1 is 0.853 bits per heavy atom. The normalized spacial score (nSPS) is 15.5. The van der Waals surface area contributed by atoms with Crippen LogP contribution in [0.4, 0.5) is 0 Å². The van der Waals surface area contributed by atoms with Gasteiger partial charge in [0.1, 0.15) is 18.1 Å². The summed E-state index contributed by atoms with van der Waals surface area (Å²) >= 11 is 0. The summed E-state index contributed by atoms with van der Waals surface area (Å²) in [5.74, 6) is -4.84. The van der Waals surface area contributed by atoms with E-state index in [0.29, 0.717) is 25.8 Å². The third-order valence-electron chi connectivity index (χ3n) is 5.43. The van der Waals surface area contributed by atoms with E-state index in [-0.39, 0.29) is 24.7 Å². The Morgan fingerprint density at radius 3 is 1.88 bits per heavy atom. The van der Waals surface area contributed by atoms with Crippen LogP contribution in [0.5, 0.6) is 0 Å². The van der Waals surface area contributed by atoms with E-state index in [1.807, 2.05) is 20.8 Å². The average molecular weight is 488 g/mol. The number of carboxylic acids is 2. The van der Waals surface area contributed by atoms with Crippen LogP contribution in [-0.4, -0.2) is 70.6 Å². The zero-order valence-electron chi connectivity index (χ0n) is 20.5. The van der Waals surface area contributed by atoms with Gasteiger partial charge in [-0.15, -0.1) is 0 Å². The number of hydrogen-bond donors (Lipinski definition) is 7. The Hall–Kier alpha value is -2.73. The topological polar surface area (TPSA) is 214 Å². The van der Waals surface area contributed by atoms with Crippen molar-refractivity contribution < 1.29 is 34.2 Å². The van der Waals surface area contributed by atoms with Gasteiger partial charge >= 0.3 is 11.9 Å². The maximum Gasteiger partial charge on any atom is 0.326 e. The van der Waals surface area contributed by atoms with Crippen molar-refractivity contribution in [2.24, 2.45) is 23.3 Å². The maximum absolute atomic E-state index is 13.0. The summed E-state index contributed by atoms with van der Waals surface area (Å²) in [7, 11) is 0. The summed E-state index contributed by atoms with van der Waals surface area (Å²) in [5, 5.41) is 25.9. The summed E-state index contributed by atoms with van der Waals surface area (Å²) in [6.07, 6.45) is 1.46. The van der Waals surface area contributed by atoms with E-state index in [0.717, 1.165) is 0 Å². The number of aliphatic carboxylic acids is 2. The molecule has 9 N–H and O–H groups in total. The molecule has 0 aliphatic rings. The number of nitrogens with one attached hydrogen (secondary N) is 3. The molecule has 0 heterocycles. The second-order valence-corrected chi connectivity index (χ2v) is 8.95. The molecule has 34 heavy (non-hydrogen) atoms. The lowest BCUT2D eigenvalue weighted by Gasteiger charge is -2.27. The third-order valence-corrected chi connectivity index (χ3v) is 5.43. The summed E-state index contributed by atoms with van der Waals surface area (Å²) in [4.78, 5) is 60.7. The highest BCUT2D eigenvalue weighted by atomic mass is 16.4. The van der Waals surface area contributed by atoms with Crippen molar-refractivity contribution >= 4 is 29.7 Å². The molecular weight excluding hydrogens is 446 g/mol. The highest BCUT2D eigenvalue weighted by Crippen LogP contribution is 2.11. The van der Waals surface area contributed by atoms with Gasteiger partial charge in [0.15, 0.2) is 0 Å². The van der Waals surface area contributed by atoms with Crippen LogP contribution >= 0.6 is 0 Å². The van der Waals surface area contributed by atoms with Crippen LogP contribution in [0.25, 0.3) is 0 Å². The quantitative estimate of drug-likeness (QED) is 0.132. The van der Waals surface area contributed by atoms with Crippen molar-refractivity contribution in [1.82, 2.24) is 16.0 Å². The molecule has 0 aliphatic heterocycles. The van der Waals surface area contributed by atoms with Gasteiger partial charge in [0.05, 0.1) is 12.5 Å². The molecule has 0 aliphatic carbocycles. The Labute approximate surface area is 200 Å². The largest absolute Gasteiger partial charge is 0.481 e. The van der Waals surface area contributed by atoms with Crippen LogP contribution in [0.1, 0.15) is 66.2 Å². The lowest BCUT2D eigenvalue weighted by molar-refractivity contribution is -0.144. The zero-order valence-corrected chi connectivity index (χ0v) is 20.5. The molecule has 12 heteroatoms. The molecule has 0 radical (unpaired) electrons. The van der Waals surface area contributed by atoms with E-state index in [9.17, 15) is 29.1 Å².